The molecule has 0 saturated carbocycles. The molecular weight excluding hydrogens is 302 g/mol. The van der Waals surface area contributed by atoms with Crippen LogP contribution in [-0.4, -0.2) is 36.7 Å². The molecule has 0 bridgehead atoms. The molecule has 0 amide bonds. The van der Waals surface area contributed by atoms with Gasteiger partial charge in [-0.2, -0.15) is 5.10 Å². The van der Waals surface area contributed by atoms with Crippen molar-refractivity contribution in [1.29, 1.82) is 0 Å². The zero-order valence-corrected chi connectivity index (χ0v) is 15.4. The molecule has 0 atom stereocenters. The minimum Gasteiger partial charge on any atom is -0.473 e. The molecule has 22 heavy (non-hydrogen) atoms. The molecule has 0 unspecified atom stereocenters. The number of H-pyrrole nitrogens is 1. The van der Waals surface area contributed by atoms with E-state index in [1.165, 1.54) is 0 Å². The number of aromatic nitrogens is 2. The quantitative estimate of drug-likeness (QED) is 0.340. The van der Waals surface area contributed by atoms with Crippen molar-refractivity contribution >= 4 is 14.0 Å². The third kappa shape index (κ3) is 4.54. The second-order valence-corrected chi connectivity index (χ2v) is 11.6. The lowest BCUT2D eigenvalue weighted by atomic mass is 10.2. The van der Waals surface area contributed by atoms with Crippen LogP contribution in [0.25, 0.3) is 0 Å². The predicted molar refractivity (Wildman–Crippen MR) is 87.9 cm³/mol. The highest BCUT2D eigenvalue weighted by Gasteiger charge is 2.36. The number of rotatable bonds is 8. The Bertz CT molecular complexity index is 509. The largest absolute Gasteiger partial charge is 0.473 e. The van der Waals surface area contributed by atoms with E-state index in [-0.39, 0.29) is 16.6 Å². The van der Waals surface area contributed by atoms with Gasteiger partial charge in [0, 0.05) is 13.0 Å². The molecule has 0 saturated heterocycles. The predicted octanol–water partition coefficient (Wildman–Crippen LogP) is 3.67. The van der Waals surface area contributed by atoms with E-state index in [1.807, 2.05) is 6.92 Å². The van der Waals surface area contributed by atoms with Crippen LogP contribution in [0.3, 0.4) is 0 Å². The number of nitrogens with one attached hydrogen (secondary N) is 1. The van der Waals surface area contributed by atoms with Gasteiger partial charge >= 0.3 is 5.69 Å². The Morgan fingerprint density at radius 3 is 2.45 bits per heavy atom. The normalized spacial score (nSPS) is 12.5. The molecule has 1 rings (SSSR count). The molecule has 0 radical (unpaired) electrons. The molecule has 0 aromatic carbocycles. The standard InChI is InChI=1S/C14H27N3O4Si/c1-7-11-12(17(18)19)13(16-15-11)20-9-8-10-21-22(5,6)14(2,3)4/h7-10H2,1-6H3,(H,15,16). The SMILES string of the molecule is CCc1n[nH]c(OCCCO[Si](C)(C)C(C)(C)C)c1[N+](=O)[O-]. The highest BCUT2D eigenvalue weighted by atomic mass is 28.4. The van der Waals surface area contributed by atoms with Crippen molar-refractivity contribution < 1.29 is 14.1 Å². The zero-order valence-electron chi connectivity index (χ0n) is 14.4. The Morgan fingerprint density at radius 2 is 1.95 bits per heavy atom. The summed E-state index contributed by atoms with van der Waals surface area (Å²) in [5.41, 5.74) is 0.352. The summed E-state index contributed by atoms with van der Waals surface area (Å²) in [6, 6.07) is 0. The monoisotopic (exact) mass is 329 g/mol. The summed E-state index contributed by atoms with van der Waals surface area (Å²) >= 11 is 0. The fourth-order valence-corrected chi connectivity index (χ4v) is 2.76. The van der Waals surface area contributed by atoms with Crippen molar-refractivity contribution in [3.05, 3.63) is 15.8 Å². The molecule has 0 spiro atoms. The first kappa shape index (κ1) is 18.6. The number of hydrogen-bond acceptors (Lipinski definition) is 5. The highest BCUT2D eigenvalue weighted by Crippen LogP contribution is 2.36. The third-order valence-corrected chi connectivity index (χ3v) is 8.64. The van der Waals surface area contributed by atoms with Crippen molar-refractivity contribution in [2.24, 2.45) is 0 Å². The Morgan fingerprint density at radius 1 is 1.32 bits per heavy atom. The van der Waals surface area contributed by atoms with E-state index in [2.05, 4.69) is 44.1 Å². The third-order valence-electron chi connectivity index (χ3n) is 4.10. The molecule has 126 valence electrons. The minimum atomic E-state index is -1.75. The molecule has 0 aliphatic carbocycles. The van der Waals surface area contributed by atoms with Gasteiger partial charge in [-0.3, -0.25) is 10.1 Å². The average molecular weight is 329 g/mol. The molecule has 7 nitrogen and oxygen atoms in total. The van der Waals surface area contributed by atoms with E-state index in [0.29, 0.717) is 31.7 Å². The van der Waals surface area contributed by atoms with Gasteiger partial charge in [0.2, 0.25) is 0 Å². The van der Waals surface area contributed by atoms with E-state index in [0.717, 1.165) is 0 Å². The van der Waals surface area contributed by atoms with Crippen LogP contribution in [0.15, 0.2) is 0 Å². The summed E-state index contributed by atoms with van der Waals surface area (Å²) in [5.74, 6) is 0.133. The second kappa shape index (κ2) is 7.23. The molecule has 1 heterocycles. The van der Waals surface area contributed by atoms with Crippen molar-refractivity contribution in [2.45, 2.75) is 58.7 Å². The molecule has 1 N–H and O–H groups in total. The number of nitrogens with zero attached hydrogens (tertiary/aromatic N) is 2. The van der Waals surface area contributed by atoms with Crippen LogP contribution in [0, 0.1) is 10.1 Å². The number of ether oxygens (including phenoxy) is 1. The Hall–Kier alpha value is -1.41. The lowest BCUT2D eigenvalue weighted by Gasteiger charge is -2.36. The maximum Gasteiger partial charge on any atom is 0.353 e. The maximum atomic E-state index is 11.0. The van der Waals surface area contributed by atoms with Crippen molar-refractivity contribution in [3.63, 3.8) is 0 Å². The number of hydrogen-bond donors (Lipinski definition) is 1. The Labute approximate surface area is 132 Å². The molecule has 0 aliphatic rings. The summed E-state index contributed by atoms with van der Waals surface area (Å²) < 4.78 is 11.5. The molecule has 0 fully saturated rings. The van der Waals surface area contributed by atoms with Gasteiger partial charge in [0.05, 0.1) is 11.5 Å². The fraction of sp³-hybridized carbons (Fsp3) is 0.786. The summed E-state index contributed by atoms with van der Waals surface area (Å²) in [4.78, 5) is 10.6. The zero-order chi connectivity index (χ0) is 17.0. The Balaban J connectivity index is 2.46. The van der Waals surface area contributed by atoms with Gasteiger partial charge < -0.3 is 9.16 Å². The van der Waals surface area contributed by atoms with Crippen LogP contribution in [0.5, 0.6) is 5.88 Å². The van der Waals surface area contributed by atoms with Crippen LogP contribution in [0.2, 0.25) is 18.1 Å². The van der Waals surface area contributed by atoms with Crippen molar-refractivity contribution in [1.82, 2.24) is 10.2 Å². The van der Waals surface area contributed by atoms with Crippen LogP contribution in [-0.2, 0) is 10.8 Å². The lowest BCUT2D eigenvalue weighted by molar-refractivity contribution is -0.386. The van der Waals surface area contributed by atoms with Gasteiger partial charge in [0.25, 0.3) is 5.88 Å². The summed E-state index contributed by atoms with van der Waals surface area (Å²) in [5, 5.41) is 17.7. The maximum absolute atomic E-state index is 11.0. The van der Waals surface area contributed by atoms with E-state index < -0.39 is 13.2 Å². The van der Waals surface area contributed by atoms with Gasteiger partial charge in [-0.05, 0) is 24.6 Å². The van der Waals surface area contributed by atoms with Crippen LogP contribution >= 0.6 is 0 Å². The number of nitro groups is 1. The second-order valence-electron chi connectivity index (χ2n) is 6.77. The van der Waals surface area contributed by atoms with E-state index in [4.69, 9.17) is 9.16 Å². The minimum absolute atomic E-state index is 0.0622. The first-order valence-electron chi connectivity index (χ1n) is 7.58. The number of aryl methyl sites for hydroxylation is 1. The summed E-state index contributed by atoms with van der Waals surface area (Å²) in [7, 11) is -1.75. The van der Waals surface area contributed by atoms with Gasteiger partial charge in [-0.25, -0.2) is 5.10 Å². The van der Waals surface area contributed by atoms with Gasteiger partial charge in [0.15, 0.2) is 8.32 Å². The van der Waals surface area contributed by atoms with Crippen LogP contribution < -0.4 is 4.74 Å². The topological polar surface area (TPSA) is 90.3 Å². The molecular formula is C14H27N3O4Si. The van der Waals surface area contributed by atoms with Crippen molar-refractivity contribution in [3.8, 4) is 5.88 Å². The first-order chi connectivity index (χ1) is 10.1. The molecule has 1 aromatic rings. The van der Waals surface area contributed by atoms with Crippen molar-refractivity contribution in [2.75, 3.05) is 13.2 Å². The van der Waals surface area contributed by atoms with E-state index in [9.17, 15) is 10.1 Å². The average Bonchev–Trinajstić information content (AvgIpc) is 2.80. The van der Waals surface area contributed by atoms with Crippen LogP contribution in [0.1, 0.15) is 39.8 Å². The highest BCUT2D eigenvalue weighted by molar-refractivity contribution is 6.74. The first-order valence-corrected chi connectivity index (χ1v) is 10.5. The summed E-state index contributed by atoms with van der Waals surface area (Å²) in [6.45, 7) is 13.7. The molecule has 0 aliphatic heterocycles. The van der Waals surface area contributed by atoms with Gasteiger partial charge in [0.1, 0.15) is 5.69 Å². The Kier molecular flexibility index (Phi) is 6.13. The summed E-state index contributed by atoms with van der Waals surface area (Å²) in [6.07, 6.45) is 1.18. The lowest BCUT2D eigenvalue weighted by Crippen LogP contribution is -2.41. The molecule has 8 heteroatoms. The smallest absolute Gasteiger partial charge is 0.353 e. The van der Waals surface area contributed by atoms with Crippen LogP contribution in [0.4, 0.5) is 5.69 Å². The van der Waals surface area contributed by atoms with E-state index >= 15 is 0 Å². The molecule has 1 aromatic heterocycles. The van der Waals surface area contributed by atoms with Gasteiger partial charge in [-0.1, -0.05) is 27.7 Å². The number of aromatic amines is 1. The van der Waals surface area contributed by atoms with Gasteiger partial charge in [-0.15, -0.1) is 0 Å². The van der Waals surface area contributed by atoms with E-state index in [1.54, 1.807) is 0 Å². The fourth-order valence-electron chi connectivity index (χ4n) is 1.67.